The second-order valence-corrected chi connectivity index (χ2v) is 7.82. The van der Waals surface area contributed by atoms with E-state index in [2.05, 4.69) is 29.1 Å². The molecule has 4 nitrogen and oxygen atoms in total. The van der Waals surface area contributed by atoms with Gasteiger partial charge < -0.3 is 4.74 Å². The summed E-state index contributed by atoms with van der Waals surface area (Å²) in [6.45, 7) is 5.24. The summed E-state index contributed by atoms with van der Waals surface area (Å²) in [4.78, 5) is 5.09. The van der Waals surface area contributed by atoms with Crippen molar-refractivity contribution in [1.29, 1.82) is 0 Å². The van der Waals surface area contributed by atoms with Crippen LogP contribution in [0.2, 0.25) is 0 Å². The number of aromatic nitrogens is 2. The number of nitrogens with zero attached hydrogens (tertiary/aromatic N) is 3. The van der Waals surface area contributed by atoms with Gasteiger partial charge >= 0.3 is 0 Å². The number of benzene rings is 1. The van der Waals surface area contributed by atoms with E-state index in [0.29, 0.717) is 10.6 Å². The van der Waals surface area contributed by atoms with Crippen LogP contribution in [0.1, 0.15) is 13.8 Å². The molecule has 0 saturated carbocycles. The zero-order valence-electron chi connectivity index (χ0n) is 12.2. The molecule has 1 aliphatic heterocycles. The van der Waals surface area contributed by atoms with E-state index in [1.165, 1.54) is 23.7 Å². The summed E-state index contributed by atoms with van der Waals surface area (Å²) in [5.41, 5.74) is 0.225. The third-order valence-corrected chi connectivity index (χ3v) is 5.06. The van der Waals surface area contributed by atoms with Gasteiger partial charge in [-0.15, -0.1) is 6.42 Å². The molecule has 0 saturated heterocycles. The molecule has 0 spiro atoms. The number of halogens is 1. The SMILES string of the molecule is C#CCOc1ccc(F)c(N=c2snc3n2CC(C)(C)S3)c1. The Hall–Kier alpha value is -1.78. The van der Waals surface area contributed by atoms with Crippen LogP contribution in [0.5, 0.6) is 5.75 Å². The van der Waals surface area contributed by atoms with Crippen molar-refractivity contribution in [1.82, 2.24) is 8.94 Å². The lowest BCUT2D eigenvalue weighted by Crippen LogP contribution is -2.21. The Labute approximate surface area is 136 Å². The lowest BCUT2D eigenvalue weighted by molar-refractivity contribution is 0.370. The Morgan fingerprint density at radius 3 is 3.14 bits per heavy atom. The molecule has 0 amide bonds. The van der Waals surface area contributed by atoms with Gasteiger partial charge in [0.2, 0.25) is 4.80 Å². The molecule has 0 aliphatic carbocycles. The fraction of sp³-hybridized carbons (Fsp3) is 0.333. The molecule has 114 valence electrons. The highest BCUT2D eigenvalue weighted by Gasteiger charge is 2.31. The van der Waals surface area contributed by atoms with E-state index in [9.17, 15) is 4.39 Å². The number of ether oxygens (including phenoxy) is 1. The van der Waals surface area contributed by atoms with Crippen molar-refractivity contribution in [2.45, 2.75) is 30.3 Å². The summed E-state index contributed by atoms with van der Waals surface area (Å²) >= 11 is 2.97. The normalized spacial score (nSPS) is 16.4. The standard InChI is InChI=1S/C15H14FN3OS2/c1-4-7-20-10-5-6-11(16)12(8-10)17-13-19-9-15(2,3)21-14(19)18-22-13/h1,5-6,8H,7,9H2,2-3H3. The summed E-state index contributed by atoms with van der Waals surface area (Å²) in [5.74, 6) is 2.47. The maximum absolute atomic E-state index is 14.0. The van der Waals surface area contributed by atoms with Crippen LogP contribution in [0.3, 0.4) is 0 Å². The van der Waals surface area contributed by atoms with Crippen molar-refractivity contribution in [3.05, 3.63) is 28.8 Å². The lowest BCUT2D eigenvalue weighted by atomic mass is 10.2. The van der Waals surface area contributed by atoms with E-state index in [1.807, 2.05) is 4.57 Å². The predicted octanol–water partition coefficient (Wildman–Crippen LogP) is 3.21. The second-order valence-electron chi connectivity index (χ2n) is 5.41. The van der Waals surface area contributed by atoms with Crippen LogP contribution >= 0.6 is 23.3 Å². The number of thioether (sulfide) groups is 1. The van der Waals surface area contributed by atoms with Gasteiger partial charge in [0.1, 0.15) is 23.9 Å². The molecule has 0 atom stereocenters. The van der Waals surface area contributed by atoms with Gasteiger partial charge in [-0.05, 0) is 26.0 Å². The Morgan fingerprint density at radius 1 is 1.55 bits per heavy atom. The molecule has 0 unspecified atom stereocenters. The van der Waals surface area contributed by atoms with E-state index in [4.69, 9.17) is 11.2 Å². The van der Waals surface area contributed by atoms with Crippen molar-refractivity contribution < 1.29 is 9.13 Å². The van der Waals surface area contributed by atoms with Crippen molar-refractivity contribution in [3.63, 3.8) is 0 Å². The molecular formula is C15H14FN3OS2. The third-order valence-electron chi connectivity index (χ3n) is 3.03. The highest BCUT2D eigenvalue weighted by atomic mass is 32.2. The molecule has 1 aliphatic rings. The highest BCUT2D eigenvalue weighted by molar-refractivity contribution is 8.00. The average molecular weight is 335 g/mol. The number of fused-ring (bicyclic) bond motifs is 1. The Bertz CT molecular complexity index is 817. The predicted molar refractivity (Wildman–Crippen MR) is 86.0 cm³/mol. The third kappa shape index (κ3) is 3.03. The first kappa shape index (κ1) is 15.1. The zero-order valence-corrected chi connectivity index (χ0v) is 13.8. The first-order valence-corrected chi connectivity index (χ1v) is 8.23. The molecule has 22 heavy (non-hydrogen) atoms. The monoisotopic (exact) mass is 335 g/mol. The molecule has 0 fully saturated rings. The van der Waals surface area contributed by atoms with Crippen LogP contribution in [0.15, 0.2) is 28.3 Å². The highest BCUT2D eigenvalue weighted by Crippen LogP contribution is 2.38. The molecule has 0 bridgehead atoms. The van der Waals surface area contributed by atoms with E-state index in [-0.39, 0.29) is 17.0 Å². The minimum atomic E-state index is -0.402. The molecule has 7 heteroatoms. The quantitative estimate of drug-likeness (QED) is 0.809. The molecule has 3 rings (SSSR count). The summed E-state index contributed by atoms with van der Waals surface area (Å²) in [5, 5.41) is 0.925. The fourth-order valence-corrected chi connectivity index (χ4v) is 4.02. The fourth-order valence-electron chi connectivity index (χ4n) is 2.11. The van der Waals surface area contributed by atoms with Crippen LogP contribution < -0.4 is 9.54 Å². The van der Waals surface area contributed by atoms with Gasteiger partial charge in [0.25, 0.3) is 0 Å². The van der Waals surface area contributed by atoms with Gasteiger partial charge in [0, 0.05) is 28.9 Å². The van der Waals surface area contributed by atoms with E-state index in [0.717, 1.165) is 11.7 Å². The number of rotatable bonds is 3. The van der Waals surface area contributed by atoms with Gasteiger partial charge in [-0.1, -0.05) is 17.7 Å². The molecular weight excluding hydrogens is 321 g/mol. The van der Waals surface area contributed by atoms with Gasteiger partial charge in [-0.25, -0.2) is 9.38 Å². The molecule has 0 N–H and O–H groups in total. The van der Waals surface area contributed by atoms with Gasteiger partial charge in [0.15, 0.2) is 5.16 Å². The Kier molecular flexibility index (Phi) is 3.98. The summed E-state index contributed by atoms with van der Waals surface area (Å²) in [6.07, 6.45) is 5.16. The molecule has 2 aromatic rings. The minimum Gasteiger partial charge on any atom is -0.481 e. The van der Waals surface area contributed by atoms with Crippen LogP contribution in [0, 0.1) is 18.2 Å². The minimum absolute atomic E-state index is 0.0802. The smallest absolute Gasteiger partial charge is 0.210 e. The summed E-state index contributed by atoms with van der Waals surface area (Å²) in [6, 6.07) is 4.41. The van der Waals surface area contributed by atoms with Crippen molar-refractivity contribution in [2.75, 3.05) is 6.61 Å². The van der Waals surface area contributed by atoms with Crippen LogP contribution in [-0.4, -0.2) is 20.3 Å². The Balaban J connectivity index is 1.99. The van der Waals surface area contributed by atoms with E-state index < -0.39 is 5.82 Å². The maximum Gasteiger partial charge on any atom is 0.210 e. The molecule has 1 aromatic heterocycles. The largest absolute Gasteiger partial charge is 0.481 e. The number of hydrogen-bond donors (Lipinski definition) is 0. The second kappa shape index (κ2) is 5.78. The topological polar surface area (TPSA) is 39.4 Å². The van der Waals surface area contributed by atoms with Crippen molar-refractivity contribution in [2.24, 2.45) is 4.99 Å². The first-order valence-electron chi connectivity index (χ1n) is 6.64. The number of hydrogen-bond acceptors (Lipinski definition) is 5. The van der Waals surface area contributed by atoms with Crippen LogP contribution in [0.4, 0.5) is 10.1 Å². The molecule has 2 heterocycles. The first-order chi connectivity index (χ1) is 10.5. The van der Waals surface area contributed by atoms with E-state index in [1.54, 1.807) is 17.8 Å². The Morgan fingerprint density at radius 2 is 2.36 bits per heavy atom. The maximum atomic E-state index is 14.0. The van der Waals surface area contributed by atoms with Gasteiger partial charge in [-0.2, -0.15) is 4.37 Å². The molecule has 1 aromatic carbocycles. The van der Waals surface area contributed by atoms with Crippen LogP contribution in [0.25, 0.3) is 0 Å². The van der Waals surface area contributed by atoms with Crippen molar-refractivity contribution in [3.8, 4) is 18.1 Å². The number of terminal acetylenes is 1. The lowest BCUT2D eigenvalue weighted by Gasteiger charge is -2.12. The van der Waals surface area contributed by atoms with Crippen LogP contribution in [-0.2, 0) is 6.54 Å². The summed E-state index contributed by atoms with van der Waals surface area (Å²) in [7, 11) is 0. The zero-order chi connectivity index (χ0) is 15.7. The van der Waals surface area contributed by atoms with Gasteiger partial charge in [-0.3, -0.25) is 4.57 Å². The summed E-state index contributed by atoms with van der Waals surface area (Å²) < 4.78 is 25.8. The average Bonchev–Trinajstić information content (AvgIpc) is 2.96. The van der Waals surface area contributed by atoms with Crippen molar-refractivity contribution >= 4 is 29.0 Å². The van der Waals surface area contributed by atoms with Gasteiger partial charge in [0.05, 0.1) is 0 Å². The van der Waals surface area contributed by atoms with E-state index >= 15 is 0 Å². The molecule has 0 radical (unpaired) electrons.